The fourth-order valence-electron chi connectivity index (χ4n) is 4.39. The van der Waals surface area contributed by atoms with E-state index in [2.05, 4.69) is 6.92 Å². The van der Waals surface area contributed by atoms with Crippen LogP contribution in [0.2, 0.25) is 0 Å². The van der Waals surface area contributed by atoms with Crippen molar-refractivity contribution in [3.63, 3.8) is 0 Å². The van der Waals surface area contributed by atoms with E-state index in [4.69, 9.17) is 15.3 Å². The third kappa shape index (κ3) is 12.0. The van der Waals surface area contributed by atoms with Gasteiger partial charge in [-0.2, -0.15) is 0 Å². The molecule has 0 aliphatic heterocycles. The number of Topliss-reactive ketones (excluding diaryl/α,β-unsaturated/α-hetero) is 3. The normalized spacial score (nSPS) is 13.0. The van der Waals surface area contributed by atoms with E-state index in [9.17, 15) is 29.4 Å². The van der Waals surface area contributed by atoms with Gasteiger partial charge in [0.2, 0.25) is 5.60 Å². The van der Waals surface area contributed by atoms with Gasteiger partial charge < -0.3 is 25.5 Å². The second kappa shape index (κ2) is 20.4. The number of rotatable bonds is 21. The molecule has 0 heterocycles. The Hall–Kier alpha value is -1.68. The van der Waals surface area contributed by atoms with Crippen LogP contribution in [0.4, 0.5) is 0 Å². The van der Waals surface area contributed by atoms with E-state index in [0.717, 1.165) is 40.0 Å². The topological polar surface area (TPSA) is 169 Å². The molecule has 0 aliphatic rings. The zero-order chi connectivity index (χ0) is 28.2. The van der Waals surface area contributed by atoms with E-state index in [1.165, 1.54) is 51.4 Å². The molecule has 212 valence electrons. The first-order valence-corrected chi connectivity index (χ1v) is 13.3. The van der Waals surface area contributed by atoms with E-state index in [1.54, 1.807) is 0 Å². The molecular formula is C27H50O9. The number of aliphatic hydroxyl groups is 4. The second-order valence-corrected chi connectivity index (χ2v) is 9.60. The summed E-state index contributed by atoms with van der Waals surface area (Å²) in [6, 6.07) is 0. The molecule has 5 N–H and O–H groups in total. The van der Waals surface area contributed by atoms with Gasteiger partial charge in [-0.05, 0) is 27.2 Å². The van der Waals surface area contributed by atoms with Crippen molar-refractivity contribution in [1.82, 2.24) is 0 Å². The molecule has 1 unspecified atom stereocenters. The minimum atomic E-state index is -3.03. The SMILES string of the molecule is CCCCCCCCCCCCCCCC(C(C)=O)(C(C)=O)C(O)(C(C)=O)C(=O)O.OCC(O)CO. The molecule has 0 spiro atoms. The molecule has 9 heteroatoms. The summed E-state index contributed by atoms with van der Waals surface area (Å²) < 4.78 is 0. The summed E-state index contributed by atoms with van der Waals surface area (Å²) in [5.74, 6) is -4.52. The molecule has 0 aromatic rings. The van der Waals surface area contributed by atoms with E-state index in [-0.39, 0.29) is 19.6 Å². The number of hydrogen-bond donors (Lipinski definition) is 5. The average molecular weight is 519 g/mol. The predicted molar refractivity (Wildman–Crippen MR) is 138 cm³/mol. The van der Waals surface area contributed by atoms with Gasteiger partial charge in [-0.1, -0.05) is 90.4 Å². The molecule has 36 heavy (non-hydrogen) atoms. The van der Waals surface area contributed by atoms with Gasteiger partial charge in [0.1, 0.15) is 23.1 Å². The van der Waals surface area contributed by atoms with Crippen LogP contribution in [0.1, 0.15) is 118 Å². The predicted octanol–water partition coefficient (Wildman–Crippen LogP) is 3.37. The van der Waals surface area contributed by atoms with Crippen LogP contribution >= 0.6 is 0 Å². The lowest BCUT2D eigenvalue weighted by Gasteiger charge is -2.39. The van der Waals surface area contributed by atoms with Crippen molar-refractivity contribution < 1.29 is 44.7 Å². The molecule has 9 nitrogen and oxygen atoms in total. The van der Waals surface area contributed by atoms with Crippen LogP contribution in [0.3, 0.4) is 0 Å². The monoisotopic (exact) mass is 518 g/mol. The Kier molecular flexibility index (Phi) is 20.7. The number of hydrogen-bond acceptors (Lipinski definition) is 8. The zero-order valence-electron chi connectivity index (χ0n) is 22.8. The number of aliphatic carboxylic acids is 1. The summed E-state index contributed by atoms with van der Waals surface area (Å²) in [6.45, 7) is 4.53. The highest BCUT2D eigenvalue weighted by Crippen LogP contribution is 2.40. The highest BCUT2D eigenvalue weighted by Gasteiger charge is 2.64. The maximum atomic E-state index is 12.3. The van der Waals surface area contributed by atoms with Crippen LogP contribution in [-0.4, -0.2) is 73.8 Å². The standard InChI is InChI=1S/C24H42O6.C3H8O3/c1-5-6-7-8-9-10-11-12-13-14-15-16-17-18-23(19(2)25,20(3)26)24(30,21(4)27)22(28)29;4-1-3(6)2-5/h30H,5-18H2,1-4H3,(H,28,29);3-6H,1-2H2. The summed E-state index contributed by atoms with van der Waals surface area (Å²) in [5.41, 5.74) is -5.26. The molecular weight excluding hydrogens is 468 g/mol. The van der Waals surface area contributed by atoms with Gasteiger partial charge in [-0.3, -0.25) is 14.4 Å². The van der Waals surface area contributed by atoms with Crippen molar-refractivity contribution in [3.8, 4) is 0 Å². The first-order valence-electron chi connectivity index (χ1n) is 13.3. The van der Waals surface area contributed by atoms with Crippen LogP contribution < -0.4 is 0 Å². The molecule has 0 saturated carbocycles. The number of aliphatic hydroxyl groups excluding tert-OH is 3. The van der Waals surface area contributed by atoms with E-state index < -0.39 is 40.4 Å². The molecule has 0 radical (unpaired) electrons. The van der Waals surface area contributed by atoms with Gasteiger partial charge in [0.05, 0.1) is 13.2 Å². The molecule has 0 bridgehead atoms. The Labute approximate surface area is 216 Å². The zero-order valence-corrected chi connectivity index (χ0v) is 22.8. The highest BCUT2D eigenvalue weighted by atomic mass is 16.4. The summed E-state index contributed by atoms with van der Waals surface area (Å²) in [6.07, 6.45) is 13.4. The largest absolute Gasteiger partial charge is 0.479 e. The van der Waals surface area contributed by atoms with Crippen LogP contribution in [-0.2, 0) is 19.2 Å². The third-order valence-corrected chi connectivity index (χ3v) is 6.72. The second-order valence-electron chi connectivity index (χ2n) is 9.60. The van der Waals surface area contributed by atoms with Crippen LogP contribution in [0.15, 0.2) is 0 Å². The molecule has 0 aliphatic carbocycles. The van der Waals surface area contributed by atoms with Gasteiger partial charge in [-0.25, -0.2) is 4.79 Å². The molecule has 0 rings (SSSR count). The van der Waals surface area contributed by atoms with E-state index in [0.29, 0.717) is 12.8 Å². The summed E-state index contributed by atoms with van der Waals surface area (Å²) in [5, 5.41) is 44.1. The number of carboxylic acid groups (broad SMARTS) is 1. The van der Waals surface area contributed by atoms with Crippen LogP contribution in [0.5, 0.6) is 0 Å². The fourth-order valence-corrected chi connectivity index (χ4v) is 4.39. The lowest BCUT2D eigenvalue weighted by atomic mass is 9.62. The Morgan fingerprint density at radius 2 is 0.972 bits per heavy atom. The van der Waals surface area contributed by atoms with Crippen molar-refractivity contribution in [3.05, 3.63) is 0 Å². The summed E-state index contributed by atoms with van der Waals surface area (Å²) in [4.78, 5) is 48.3. The quantitative estimate of drug-likeness (QED) is 0.113. The number of carbonyl (C=O) groups excluding carboxylic acids is 3. The fraction of sp³-hybridized carbons (Fsp3) is 0.852. The smallest absolute Gasteiger partial charge is 0.345 e. The summed E-state index contributed by atoms with van der Waals surface area (Å²) >= 11 is 0. The molecule has 0 aromatic carbocycles. The summed E-state index contributed by atoms with van der Waals surface area (Å²) in [7, 11) is 0. The number of ketones is 3. The third-order valence-electron chi connectivity index (χ3n) is 6.72. The Bertz CT molecular complexity index is 613. The first kappa shape index (κ1) is 36.5. The van der Waals surface area contributed by atoms with Gasteiger partial charge >= 0.3 is 5.97 Å². The minimum absolute atomic E-state index is 0.141. The Morgan fingerprint density at radius 1 is 0.639 bits per heavy atom. The van der Waals surface area contributed by atoms with Crippen molar-refractivity contribution in [2.45, 2.75) is 129 Å². The first-order chi connectivity index (χ1) is 16.9. The number of unbranched alkanes of at least 4 members (excludes halogenated alkanes) is 12. The van der Waals surface area contributed by atoms with Gasteiger partial charge in [0.15, 0.2) is 5.78 Å². The average Bonchev–Trinajstić information content (AvgIpc) is 2.83. The van der Waals surface area contributed by atoms with Crippen molar-refractivity contribution >= 4 is 23.3 Å². The molecule has 0 amide bonds. The van der Waals surface area contributed by atoms with Crippen molar-refractivity contribution in [1.29, 1.82) is 0 Å². The van der Waals surface area contributed by atoms with Crippen molar-refractivity contribution in [2.75, 3.05) is 13.2 Å². The Balaban J connectivity index is 0. The maximum Gasteiger partial charge on any atom is 0.345 e. The minimum Gasteiger partial charge on any atom is -0.479 e. The molecule has 1 atom stereocenters. The molecule has 0 aromatic heterocycles. The van der Waals surface area contributed by atoms with Crippen molar-refractivity contribution in [2.24, 2.45) is 5.41 Å². The van der Waals surface area contributed by atoms with E-state index >= 15 is 0 Å². The number of carboxylic acids is 1. The molecule has 0 saturated heterocycles. The van der Waals surface area contributed by atoms with Crippen LogP contribution in [0.25, 0.3) is 0 Å². The van der Waals surface area contributed by atoms with E-state index in [1.807, 2.05) is 0 Å². The maximum absolute atomic E-state index is 12.3. The lowest BCUT2D eigenvalue weighted by molar-refractivity contribution is -0.187. The van der Waals surface area contributed by atoms with Gasteiger partial charge in [0, 0.05) is 0 Å². The Morgan fingerprint density at radius 3 is 1.19 bits per heavy atom. The van der Waals surface area contributed by atoms with Gasteiger partial charge in [0.25, 0.3) is 0 Å². The molecule has 0 fully saturated rings. The highest BCUT2D eigenvalue weighted by molar-refractivity contribution is 6.19. The lowest BCUT2D eigenvalue weighted by Crippen LogP contribution is -2.65. The van der Waals surface area contributed by atoms with Gasteiger partial charge in [-0.15, -0.1) is 0 Å². The number of carbonyl (C=O) groups is 4. The van der Waals surface area contributed by atoms with Crippen LogP contribution in [0, 0.1) is 5.41 Å².